The second kappa shape index (κ2) is 10.6. The number of amides is 2. The first kappa shape index (κ1) is 21.6. The van der Waals surface area contributed by atoms with Crippen molar-refractivity contribution in [2.75, 3.05) is 18.0 Å². The Morgan fingerprint density at radius 3 is 2.17 bits per heavy atom. The van der Waals surface area contributed by atoms with Crippen LogP contribution in [0.2, 0.25) is 0 Å². The van der Waals surface area contributed by atoms with Gasteiger partial charge in [0.15, 0.2) is 0 Å². The van der Waals surface area contributed by atoms with Crippen molar-refractivity contribution >= 4 is 33.4 Å². The van der Waals surface area contributed by atoms with Crippen LogP contribution in [0.15, 0.2) is 53.0 Å². The third-order valence-corrected chi connectivity index (χ3v) is 6.17. The summed E-state index contributed by atoms with van der Waals surface area (Å²) < 4.78 is 0.812. The third-order valence-electron chi connectivity index (χ3n) is 5.47. The van der Waals surface area contributed by atoms with Gasteiger partial charge < -0.3 is 9.80 Å². The molecule has 0 saturated carbocycles. The van der Waals surface area contributed by atoms with Gasteiger partial charge in [0.2, 0.25) is 5.91 Å². The Labute approximate surface area is 182 Å². The van der Waals surface area contributed by atoms with Crippen LogP contribution in [0.25, 0.3) is 0 Å². The van der Waals surface area contributed by atoms with Crippen molar-refractivity contribution in [3.05, 3.63) is 64.1 Å². The van der Waals surface area contributed by atoms with Crippen LogP contribution in [0.4, 0.5) is 5.69 Å². The molecule has 0 fully saturated rings. The molecule has 2 amide bonds. The van der Waals surface area contributed by atoms with Crippen LogP contribution in [0, 0.1) is 0 Å². The minimum absolute atomic E-state index is 0.0246. The summed E-state index contributed by atoms with van der Waals surface area (Å²) >= 11 is 3.52. The first-order valence-electron chi connectivity index (χ1n) is 10.5. The molecule has 29 heavy (non-hydrogen) atoms. The molecule has 0 aromatic heterocycles. The number of halogens is 1. The highest BCUT2D eigenvalue weighted by molar-refractivity contribution is 9.10. The van der Waals surface area contributed by atoms with E-state index in [0.29, 0.717) is 18.7 Å². The van der Waals surface area contributed by atoms with E-state index in [2.05, 4.69) is 15.9 Å². The summed E-state index contributed by atoms with van der Waals surface area (Å²) in [4.78, 5) is 29.5. The first-order valence-corrected chi connectivity index (χ1v) is 11.3. The fourth-order valence-electron chi connectivity index (χ4n) is 3.90. The smallest absolute Gasteiger partial charge is 0.255 e. The van der Waals surface area contributed by atoms with Crippen molar-refractivity contribution < 1.29 is 9.59 Å². The van der Waals surface area contributed by atoms with Gasteiger partial charge in [0, 0.05) is 36.7 Å². The van der Waals surface area contributed by atoms with E-state index < -0.39 is 0 Å². The van der Waals surface area contributed by atoms with E-state index in [1.807, 2.05) is 58.3 Å². The maximum absolute atomic E-state index is 13.3. The summed E-state index contributed by atoms with van der Waals surface area (Å²) in [6, 6.07) is 15.6. The summed E-state index contributed by atoms with van der Waals surface area (Å²) in [5.41, 5.74) is 2.62. The van der Waals surface area contributed by atoms with Crippen molar-refractivity contribution in [1.29, 1.82) is 0 Å². The molecule has 2 aromatic rings. The van der Waals surface area contributed by atoms with Gasteiger partial charge >= 0.3 is 0 Å². The van der Waals surface area contributed by atoms with E-state index in [1.54, 1.807) is 6.92 Å². The fraction of sp³-hybridized carbons (Fsp3) is 0.417. The Kier molecular flexibility index (Phi) is 7.87. The average Bonchev–Trinajstić information content (AvgIpc) is 2.73. The SMILES string of the molecule is CC(=O)N1CCCCCCCCN(C(=O)c2ccccc2Br)Cc2ccccc21. The van der Waals surface area contributed by atoms with Gasteiger partial charge in [-0.3, -0.25) is 9.59 Å². The second-order valence-electron chi connectivity index (χ2n) is 7.63. The highest BCUT2D eigenvalue weighted by atomic mass is 79.9. The predicted molar refractivity (Wildman–Crippen MR) is 121 cm³/mol. The molecule has 1 heterocycles. The van der Waals surface area contributed by atoms with Gasteiger partial charge in [-0.1, -0.05) is 56.0 Å². The summed E-state index contributed by atoms with van der Waals surface area (Å²) in [6.07, 6.45) is 6.60. The number of para-hydroxylation sites is 1. The number of hydrogen-bond donors (Lipinski definition) is 0. The average molecular weight is 457 g/mol. The molecule has 2 aromatic carbocycles. The summed E-state index contributed by atoms with van der Waals surface area (Å²) in [6.45, 7) is 3.57. The van der Waals surface area contributed by atoms with Crippen molar-refractivity contribution in [3.8, 4) is 0 Å². The van der Waals surface area contributed by atoms with E-state index in [4.69, 9.17) is 0 Å². The van der Waals surface area contributed by atoms with Crippen molar-refractivity contribution in [2.24, 2.45) is 0 Å². The molecule has 0 aliphatic carbocycles. The molecule has 0 N–H and O–H groups in total. The zero-order chi connectivity index (χ0) is 20.6. The first-order chi connectivity index (χ1) is 14.1. The Morgan fingerprint density at radius 2 is 1.45 bits per heavy atom. The number of nitrogens with zero attached hydrogens (tertiary/aromatic N) is 2. The van der Waals surface area contributed by atoms with Crippen LogP contribution in [-0.4, -0.2) is 29.8 Å². The van der Waals surface area contributed by atoms with Crippen LogP contribution in [0.3, 0.4) is 0 Å². The molecule has 1 aliphatic heterocycles. The fourth-order valence-corrected chi connectivity index (χ4v) is 4.35. The molecular weight excluding hydrogens is 428 g/mol. The van der Waals surface area contributed by atoms with Crippen molar-refractivity contribution in [1.82, 2.24) is 4.90 Å². The summed E-state index contributed by atoms with van der Waals surface area (Å²) in [5.74, 6) is 0.0764. The number of rotatable bonds is 1. The van der Waals surface area contributed by atoms with Gasteiger partial charge in [-0.05, 0) is 52.5 Å². The van der Waals surface area contributed by atoms with Gasteiger partial charge in [0.25, 0.3) is 5.91 Å². The molecule has 0 saturated heterocycles. The van der Waals surface area contributed by atoms with Crippen LogP contribution >= 0.6 is 15.9 Å². The molecule has 5 heteroatoms. The van der Waals surface area contributed by atoms with Crippen LogP contribution < -0.4 is 4.90 Å². The molecular formula is C24H29BrN2O2. The highest BCUT2D eigenvalue weighted by Gasteiger charge is 2.22. The lowest BCUT2D eigenvalue weighted by atomic mass is 10.1. The molecule has 3 rings (SSSR count). The van der Waals surface area contributed by atoms with Crippen LogP contribution in [-0.2, 0) is 11.3 Å². The molecule has 1 aliphatic rings. The standard InChI is InChI=1S/C24H29BrN2O2/c1-19(28)27-17-11-5-3-2-4-10-16-26(18-20-12-6-9-15-23(20)27)24(29)21-13-7-8-14-22(21)25/h6-9,12-15H,2-5,10-11,16-18H2,1H3. The zero-order valence-electron chi connectivity index (χ0n) is 17.1. The van der Waals surface area contributed by atoms with Crippen LogP contribution in [0.1, 0.15) is 61.4 Å². The number of carbonyl (C=O) groups is 2. The maximum Gasteiger partial charge on any atom is 0.255 e. The normalized spacial score (nSPS) is 16.2. The molecule has 154 valence electrons. The minimum Gasteiger partial charge on any atom is -0.334 e. The van der Waals surface area contributed by atoms with E-state index in [9.17, 15) is 9.59 Å². The quantitative estimate of drug-likeness (QED) is 0.543. The zero-order valence-corrected chi connectivity index (χ0v) is 18.7. The summed E-state index contributed by atoms with van der Waals surface area (Å²) in [5, 5.41) is 0. The Hall–Kier alpha value is -2.14. The lowest BCUT2D eigenvalue weighted by Gasteiger charge is -2.28. The lowest BCUT2D eigenvalue weighted by Crippen LogP contribution is -2.34. The number of hydrogen-bond acceptors (Lipinski definition) is 2. The van der Waals surface area contributed by atoms with Crippen molar-refractivity contribution in [3.63, 3.8) is 0 Å². The number of anilines is 1. The summed E-state index contributed by atoms with van der Waals surface area (Å²) in [7, 11) is 0. The monoisotopic (exact) mass is 456 g/mol. The van der Waals surface area contributed by atoms with Crippen LogP contribution in [0.5, 0.6) is 0 Å². The maximum atomic E-state index is 13.3. The molecule has 4 nitrogen and oxygen atoms in total. The van der Waals surface area contributed by atoms with Gasteiger partial charge in [-0.15, -0.1) is 0 Å². The Balaban J connectivity index is 1.95. The van der Waals surface area contributed by atoms with E-state index in [1.165, 1.54) is 12.8 Å². The second-order valence-corrected chi connectivity index (χ2v) is 8.48. The van der Waals surface area contributed by atoms with Gasteiger partial charge in [0.1, 0.15) is 0 Å². The van der Waals surface area contributed by atoms with Gasteiger partial charge in [-0.25, -0.2) is 0 Å². The Morgan fingerprint density at radius 1 is 0.828 bits per heavy atom. The van der Waals surface area contributed by atoms with Gasteiger partial charge in [-0.2, -0.15) is 0 Å². The van der Waals surface area contributed by atoms with E-state index >= 15 is 0 Å². The topological polar surface area (TPSA) is 40.6 Å². The molecule has 0 spiro atoms. The molecule has 0 radical (unpaired) electrons. The lowest BCUT2D eigenvalue weighted by molar-refractivity contribution is -0.116. The highest BCUT2D eigenvalue weighted by Crippen LogP contribution is 2.26. The molecule has 0 atom stereocenters. The van der Waals surface area contributed by atoms with E-state index in [-0.39, 0.29) is 11.8 Å². The largest absolute Gasteiger partial charge is 0.334 e. The third kappa shape index (κ3) is 5.69. The van der Waals surface area contributed by atoms with Gasteiger partial charge in [0.05, 0.1) is 5.56 Å². The number of fused-ring (bicyclic) bond motifs is 1. The molecule has 0 unspecified atom stereocenters. The predicted octanol–water partition coefficient (Wildman–Crippen LogP) is 5.80. The van der Waals surface area contributed by atoms with Crippen molar-refractivity contribution in [2.45, 2.75) is 52.0 Å². The number of benzene rings is 2. The Bertz CT molecular complexity index is 852. The molecule has 0 bridgehead atoms. The minimum atomic E-state index is 0.0246. The van der Waals surface area contributed by atoms with E-state index in [0.717, 1.165) is 48.0 Å². The number of carbonyl (C=O) groups excluding carboxylic acids is 2.